The van der Waals surface area contributed by atoms with Crippen LogP contribution >= 0.6 is 0 Å². The Kier molecular flexibility index (Phi) is 4.30. The van der Waals surface area contributed by atoms with Gasteiger partial charge < -0.3 is 24.1 Å². The Morgan fingerprint density at radius 3 is 2.00 bits per heavy atom. The summed E-state index contributed by atoms with van der Waals surface area (Å²) in [7, 11) is 0. The number of rotatable bonds is 9. The molecule has 7 nitrogen and oxygen atoms in total. The lowest BCUT2D eigenvalue weighted by molar-refractivity contribution is -0.308. The van der Waals surface area contributed by atoms with Crippen molar-refractivity contribution < 1.29 is 28.8 Å². The Balaban J connectivity index is 1.62. The van der Waals surface area contributed by atoms with E-state index in [1.54, 1.807) is 0 Å². The summed E-state index contributed by atoms with van der Waals surface area (Å²) in [5.41, 5.74) is -1.51. The first-order valence-corrected chi connectivity index (χ1v) is 11.2. The molecule has 5 fully saturated rings. The molecule has 0 amide bonds. The highest BCUT2D eigenvalue weighted by Gasteiger charge is 2.95. The van der Waals surface area contributed by atoms with Gasteiger partial charge in [-0.3, -0.25) is 4.74 Å². The van der Waals surface area contributed by atoms with Crippen LogP contribution in [0.2, 0.25) is 0 Å². The molecule has 5 rings (SSSR count). The molecule has 1 N–H and O–H groups in total. The maximum absolute atomic E-state index is 10.8. The average molecular weight is 398 g/mol. The number of nitrogens with zero attached hydrogens (tertiary/aromatic N) is 1. The van der Waals surface area contributed by atoms with Crippen LogP contribution in [0.4, 0.5) is 0 Å². The minimum Gasteiger partial charge on any atom is -0.394 e. The van der Waals surface area contributed by atoms with Gasteiger partial charge in [-0.25, -0.2) is 4.90 Å². The minimum absolute atomic E-state index is 0.133. The van der Waals surface area contributed by atoms with Crippen molar-refractivity contribution >= 4 is 0 Å². The van der Waals surface area contributed by atoms with Crippen LogP contribution < -0.4 is 0 Å². The highest BCUT2D eigenvalue weighted by Crippen LogP contribution is 2.73. The Morgan fingerprint density at radius 1 is 0.786 bits per heavy atom. The van der Waals surface area contributed by atoms with E-state index in [0.29, 0.717) is 25.0 Å². The zero-order valence-electron chi connectivity index (χ0n) is 17.7. The van der Waals surface area contributed by atoms with Crippen LogP contribution in [0.5, 0.6) is 0 Å². The van der Waals surface area contributed by atoms with Gasteiger partial charge in [0.1, 0.15) is 13.2 Å². The van der Waals surface area contributed by atoms with Crippen molar-refractivity contribution in [2.45, 2.75) is 95.0 Å². The lowest BCUT2D eigenvalue weighted by Crippen LogP contribution is -2.76. The van der Waals surface area contributed by atoms with Gasteiger partial charge in [-0.1, -0.05) is 53.4 Å². The lowest BCUT2D eigenvalue weighted by Gasteiger charge is -2.52. The first-order chi connectivity index (χ1) is 13.4. The van der Waals surface area contributed by atoms with Gasteiger partial charge in [-0.05, 0) is 18.3 Å². The largest absolute Gasteiger partial charge is 0.394 e. The smallest absolute Gasteiger partial charge is 0.236 e. The van der Waals surface area contributed by atoms with Crippen LogP contribution in [0.15, 0.2) is 0 Å². The van der Waals surface area contributed by atoms with Gasteiger partial charge in [0, 0.05) is 6.42 Å². The molecule has 0 aromatic heterocycles. The van der Waals surface area contributed by atoms with Crippen molar-refractivity contribution in [3.63, 3.8) is 0 Å². The highest BCUT2D eigenvalue weighted by molar-refractivity contribution is 5.32. The van der Waals surface area contributed by atoms with E-state index >= 15 is 0 Å². The molecular weight excluding hydrogens is 362 g/mol. The van der Waals surface area contributed by atoms with Crippen LogP contribution in [0.3, 0.4) is 0 Å². The van der Waals surface area contributed by atoms with E-state index in [1.165, 1.54) is 0 Å². The van der Waals surface area contributed by atoms with Gasteiger partial charge in [-0.15, -0.1) is 0 Å². The Hall–Kier alpha value is -0.280. The molecule has 2 spiro atoms. The summed E-state index contributed by atoms with van der Waals surface area (Å²) < 4.78 is 32.3. The number of fused-ring (bicyclic) bond motifs is 4. The summed E-state index contributed by atoms with van der Waals surface area (Å²) in [6.07, 6.45) is 5.87. The molecule has 0 aliphatic carbocycles. The molecular formula is C21H35NO6. The fourth-order valence-electron chi connectivity index (χ4n) is 6.59. The van der Waals surface area contributed by atoms with E-state index in [1.807, 2.05) is 0 Å². The van der Waals surface area contributed by atoms with E-state index < -0.39 is 28.7 Å². The SMILES string of the molecule is CCC(CC)CC12COC3(COC45COC(CC(CC)CC)(O4)N1C35CO)O2. The molecule has 5 heterocycles. The Labute approximate surface area is 167 Å². The number of ether oxygens (including phenoxy) is 5. The van der Waals surface area contributed by atoms with Crippen LogP contribution in [0, 0.1) is 11.8 Å². The molecule has 160 valence electrons. The third-order valence-electron chi connectivity index (χ3n) is 8.28. The topological polar surface area (TPSA) is 69.6 Å². The van der Waals surface area contributed by atoms with Crippen LogP contribution in [0.1, 0.15) is 66.2 Å². The van der Waals surface area contributed by atoms with E-state index in [4.69, 9.17) is 23.7 Å². The van der Waals surface area contributed by atoms with Gasteiger partial charge in [0.15, 0.2) is 11.3 Å². The maximum atomic E-state index is 10.8. The summed E-state index contributed by atoms with van der Waals surface area (Å²) in [5, 5.41) is 10.8. The second kappa shape index (κ2) is 6.13. The van der Waals surface area contributed by atoms with Crippen LogP contribution in [0.25, 0.3) is 0 Å². The van der Waals surface area contributed by atoms with Gasteiger partial charge in [-0.2, -0.15) is 0 Å². The quantitative estimate of drug-likeness (QED) is 0.641. The number of hydrogen-bond acceptors (Lipinski definition) is 7. The molecule has 5 atom stereocenters. The second-order valence-electron chi connectivity index (χ2n) is 9.36. The molecule has 5 saturated heterocycles. The summed E-state index contributed by atoms with van der Waals surface area (Å²) in [5.74, 6) is -1.95. The fourth-order valence-corrected chi connectivity index (χ4v) is 6.59. The number of hydrogen-bond donors (Lipinski definition) is 1. The van der Waals surface area contributed by atoms with Gasteiger partial charge in [0.25, 0.3) is 0 Å². The molecule has 5 unspecified atom stereocenters. The molecule has 0 radical (unpaired) electrons. The Morgan fingerprint density at radius 2 is 1.36 bits per heavy atom. The van der Waals surface area contributed by atoms with Crippen LogP contribution in [-0.2, 0) is 23.7 Å². The van der Waals surface area contributed by atoms with Gasteiger partial charge in [0.2, 0.25) is 17.5 Å². The highest BCUT2D eigenvalue weighted by atomic mass is 16.9. The van der Waals surface area contributed by atoms with Gasteiger partial charge >= 0.3 is 0 Å². The predicted octanol–water partition coefficient (Wildman–Crippen LogP) is 2.57. The maximum Gasteiger partial charge on any atom is 0.236 e. The van der Waals surface area contributed by atoms with Crippen molar-refractivity contribution in [3.8, 4) is 0 Å². The number of aliphatic hydroxyl groups is 1. The predicted molar refractivity (Wildman–Crippen MR) is 100.0 cm³/mol. The Bertz CT molecular complexity index is 590. The molecule has 7 heteroatoms. The minimum atomic E-state index is -1.02. The molecule has 0 aromatic rings. The second-order valence-corrected chi connectivity index (χ2v) is 9.36. The van der Waals surface area contributed by atoms with E-state index in [0.717, 1.165) is 38.5 Å². The fraction of sp³-hybridized carbons (Fsp3) is 1.00. The third kappa shape index (κ3) is 1.95. The van der Waals surface area contributed by atoms with Crippen molar-refractivity contribution in [1.82, 2.24) is 4.90 Å². The molecule has 5 aliphatic heterocycles. The number of morpholine rings is 1. The first-order valence-electron chi connectivity index (χ1n) is 11.2. The summed E-state index contributed by atoms with van der Waals surface area (Å²) in [6.45, 7) is 9.76. The summed E-state index contributed by atoms with van der Waals surface area (Å²) in [4.78, 5) is 2.24. The lowest BCUT2D eigenvalue weighted by atomic mass is 9.79. The monoisotopic (exact) mass is 397 g/mol. The molecule has 0 aromatic carbocycles. The number of aliphatic hydroxyl groups excluding tert-OH is 1. The zero-order valence-corrected chi connectivity index (χ0v) is 17.7. The summed E-state index contributed by atoms with van der Waals surface area (Å²) >= 11 is 0. The molecule has 28 heavy (non-hydrogen) atoms. The van der Waals surface area contributed by atoms with E-state index in [2.05, 4.69) is 32.6 Å². The van der Waals surface area contributed by atoms with Crippen molar-refractivity contribution in [2.75, 3.05) is 26.4 Å². The van der Waals surface area contributed by atoms with Crippen molar-refractivity contribution in [1.29, 1.82) is 0 Å². The first kappa shape index (κ1) is 19.7. The average Bonchev–Trinajstić information content (AvgIpc) is 3.46. The molecule has 0 saturated carbocycles. The van der Waals surface area contributed by atoms with E-state index in [9.17, 15) is 5.11 Å². The molecule has 5 aliphatic rings. The van der Waals surface area contributed by atoms with E-state index in [-0.39, 0.29) is 13.2 Å². The normalized spacial score (nSPS) is 48.5. The molecule has 4 bridgehead atoms. The van der Waals surface area contributed by atoms with Gasteiger partial charge in [0.05, 0.1) is 13.2 Å². The summed E-state index contributed by atoms with van der Waals surface area (Å²) in [6, 6.07) is 0. The standard InChI is InChI=1S/C21H35NO6/c1-5-15(6-2)9-17-12-24-19(27-17)13-25-20-14-26-21(28-20,10-16(7-3)8-4)22(17)18(19,20)11-23/h15-16,23H,5-14H2,1-4H3. The zero-order chi connectivity index (χ0) is 19.8. The van der Waals surface area contributed by atoms with Crippen molar-refractivity contribution in [3.05, 3.63) is 0 Å². The third-order valence-corrected chi connectivity index (χ3v) is 8.28. The van der Waals surface area contributed by atoms with Crippen molar-refractivity contribution in [2.24, 2.45) is 11.8 Å². The van der Waals surface area contributed by atoms with Crippen LogP contribution in [-0.4, -0.2) is 65.2 Å².